The van der Waals surface area contributed by atoms with Crippen LogP contribution in [0.25, 0.3) is 5.69 Å². The molecule has 4 rings (SSSR count). The van der Waals surface area contributed by atoms with Crippen LogP contribution in [0, 0.1) is 5.82 Å². The van der Waals surface area contributed by atoms with Crippen molar-refractivity contribution in [1.29, 1.82) is 0 Å². The third kappa shape index (κ3) is 4.68. The standard InChI is InChI=1S/C25H27ClFN3O2Si/c1-24(2,3)33-32-25(4,5)23-20(14-31)30-19-11-10-15(26)12-17(19)22(28-13-21(30)29-23)16-8-6-7-9-18(16)27/h6-12,31H,13-14H2,1-5H3. The first-order chi connectivity index (χ1) is 15.5. The van der Waals surface area contributed by atoms with Crippen molar-refractivity contribution in [2.24, 2.45) is 4.99 Å². The number of benzene rings is 2. The minimum Gasteiger partial charge on any atom is -0.406 e. The molecule has 172 valence electrons. The Kier molecular flexibility index (Phi) is 6.35. The molecule has 1 aromatic heterocycles. The van der Waals surface area contributed by atoms with Gasteiger partial charge in [0.25, 0.3) is 0 Å². The number of nitrogens with zero attached hydrogens (tertiary/aromatic N) is 3. The monoisotopic (exact) mass is 483 g/mol. The summed E-state index contributed by atoms with van der Waals surface area (Å²) >= 11 is 6.34. The van der Waals surface area contributed by atoms with Gasteiger partial charge in [0.1, 0.15) is 11.6 Å². The fourth-order valence-electron chi connectivity index (χ4n) is 3.86. The molecule has 0 amide bonds. The van der Waals surface area contributed by atoms with E-state index in [1.54, 1.807) is 30.3 Å². The molecule has 2 aromatic carbocycles. The summed E-state index contributed by atoms with van der Waals surface area (Å²) in [5.41, 5.74) is 2.91. The van der Waals surface area contributed by atoms with E-state index >= 15 is 0 Å². The molecule has 2 heterocycles. The van der Waals surface area contributed by atoms with E-state index in [9.17, 15) is 9.50 Å². The van der Waals surface area contributed by atoms with Crippen molar-refractivity contribution in [1.82, 2.24) is 9.55 Å². The number of aliphatic hydroxyl groups is 1. The van der Waals surface area contributed by atoms with Crippen molar-refractivity contribution in [2.45, 2.75) is 58.4 Å². The van der Waals surface area contributed by atoms with Gasteiger partial charge in [-0.05, 0) is 49.2 Å². The summed E-state index contributed by atoms with van der Waals surface area (Å²) in [5, 5.41) is 10.9. The minimum atomic E-state index is -0.715. The second kappa shape index (κ2) is 8.80. The van der Waals surface area contributed by atoms with E-state index in [4.69, 9.17) is 26.0 Å². The quantitative estimate of drug-likeness (QED) is 0.481. The lowest BCUT2D eigenvalue weighted by Gasteiger charge is -2.28. The zero-order valence-electron chi connectivity index (χ0n) is 19.4. The smallest absolute Gasteiger partial charge is 0.237 e. The molecule has 2 radical (unpaired) electrons. The number of rotatable bonds is 5. The molecule has 1 aliphatic rings. The lowest BCUT2D eigenvalue weighted by atomic mass is 9.99. The summed E-state index contributed by atoms with van der Waals surface area (Å²) in [6.45, 7) is 10.3. The van der Waals surface area contributed by atoms with Crippen LogP contribution in [0.3, 0.4) is 0 Å². The summed E-state index contributed by atoms with van der Waals surface area (Å²) in [5.74, 6) is 0.294. The number of aromatic nitrogens is 2. The minimum absolute atomic E-state index is 0.00970. The highest BCUT2D eigenvalue weighted by atomic mass is 35.5. The molecule has 1 N–H and O–H groups in total. The van der Waals surface area contributed by atoms with Crippen molar-refractivity contribution in [2.75, 3.05) is 0 Å². The van der Waals surface area contributed by atoms with Gasteiger partial charge in [-0.25, -0.2) is 9.37 Å². The average Bonchev–Trinajstić information content (AvgIpc) is 3.05. The van der Waals surface area contributed by atoms with Gasteiger partial charge in [-0.2, -0.15) is 0 Å². The number of aliphatic imine (C=N–C) groups is 1. The Morgan fingerprint density at radius 1 is 1.12 bits per heavy atom. The summed E-state index contributed by atoms with van der Waals surface area (Å²) in [7, 11) is 0.257. The fraction of sp³-hybridized carbons (Fsp3) is 0.360. The molecule has 0 aliphatic carbocycles. The molecule has 0 bridgehead atoms. The molecular weight excluding hydrogens is 457 g/mol. The third-order valence-corrected chi connectivity index (χ3v) is 6.80. The van der Waals surface area contributed by atoms with Crippen LogP contribution in [0.5, 0.6) is 0 Å². The summed E-state index contributed by atoms with van der Waals surface area (Å²) < 4.78 is 22.9. The van der Waals surface area contributed by atoms with Crippen LogP contribution in [0.2, 0.25) is 10.1 Å². The maximum Gasteiger partial charge on any atom is 0.237 e. The Balaban J connectivity index is 1.89. The van der Waals surface area contributed by atoms with Gasteiger partial charge in [0.05, 0.1) is 41.5 Å². The zero-order chi connectivity index (χ0) is 24.0. The molecule has 0 saturated carbocycles. The second-order valence-corrected chi connectivity index (χ2v) is 11.9. The Morgan fingerprint density at radius 3 is 2.52 bits per heavy atom. The van der Waals surface area contributed by atoms with Crippen LogP contribution in [0.4, 0.5) is 4.39 Å². The van der Waals surface area contributed by atoms with Crippen LogP contribution in [-0.4, -0.2) is 30.1 Å². The van der Waals surface area contributed by atoms with Gasteiger partial charge >= 0.3 is 0 Å². The highest BCUT2D eigenvalue weighted by Gasteiger charge is 2.34. The lowest BCUT2D eigenvalue weighted by molar-refractivity contribution is 0.101. The van der Waals surface area contributed by atoms with Crippen molar-refractivity contribution in [3.8, 4) is 5.69 Å². The number of halogens is 2. The number of aliphatic hydroxyl groups excluding tert-OH is 1. The van der Waals surface area contributed by atoms with Crippen molar-refractivity contribution in [3.05, 3.63) is 81.6 Å². The predicted octanol–water partition coefficient (Wildman–Crippen LogP) is 5.60. The Morgan fingerprint density at radius 2 is 1.85 bits per heavy atom. The molecule has 33 heavy (non-hydrogen) atoms. The number of imidazole rings is 1. The summed E-state index contributed by atoms with van der Waals surface area (Å²) in [4.78, 5) is 9.62. The van der Waals surface area contributed by atoms with Gasteiger partial charge in [-0.1, -0.05) is 44.5 Å². The first-order valence-electron chi connectivity index (χ1n) is 10.8. The molecule has 0 fully saturated rings. The summed E-state index contributed by atoms with van der Waals surface area (Å²) in [6, 6.07) is 12.0. The predicted molar refractivity (Wildman–Crippen MR) is 130 cm³/mol. The highest BCUT2D eigenvalue weighted by molar-refractivity contribution is 6.32. The Bertz CT molecular complexity index is 1230. The van der Waals surface area contributed by atoms with Gasteiger partial charge in [0, 0.05) is 16.1 Å². The SMILES string of the molecule is CC(C)(C)[Si]OC(C)(C)c1nc2n(c1CO)-c1ccc(Cl)cc1C(c1ccccc1F)=NC2. The van der Waals surface area contributed by atoms with Gasteiger partial charge in [0.2, 0.25) is 9.76 Å². The Labute approximate surface area is 201 Å². The van der Waals surface area contributed by atoms with Crippen molar-refractivity contribution < 1.29 is 13.9 Å². The maximum absolute atomic E-state index is 14.7. The maximum atomic E-state index is 14.7. The van der Waals surface area contributed by atoms with E-state index in [1.807, 2.05) is 24.5 Å². The van der Waals surface area contributed by atoms with Crippen LogP contribution in [0.15, 0.2) is 47.5 Å². The van der Waals surface area contributed by atoms with Crippen molar-refractivity contribution in [3.63, 3.8) is 0 Å². The third-order valence-electron chi connectivity index (χ3n) is 5.34. The van der Waals surface area contributed by atoms with Crippen LogP contribution < -0.4 is 0 Å². The lowest BCUT2D eigenvalue weighted by Crippen LogP contribution is -2.29. The van der Waals surface area contributed by atoms with E-state index in [0.717, 1.165) is 5.69 Å². The van der Waals surface area contributed by atoms with Crippen LogP contribution >= 0.6 is 11.6 Å². The van der Waals surface area contributed by atoms with Crippen LogP contribution in [-0.2, 0) is 23.2 Å². The molecule has 8 heteroatoms. The van der Waals surface area contributed by atoms with E-state index < -0.39 is 5.60 Å². The summed E-state index contributed by atoms with van der Waals surface area (Å²) in [6.07, 6.45) is 0. The highest BCUT2D eigenvalue weighted by Crippen LogP contribution is 2.36. The van der Waals surface area contributed by atoms with E-state index in [1.165, 1.54) is 6.07 Å². The van der Waals surface area contributed by atoms with Gasteiger partial charge in [-0.15, -0.1) is 0 Å². The first-order valence-corrected chi connectivity index (χ1v) is 12.1. The molecule has 0 atom stereocenters. The molecule has 3 aromatic rings. The number of fused-ring (bicyclic) bond motifs is 3. The molecule has 5 nitrogen and oxygen atoms in total. The second-order valence-electron chi connectivity index (χ2n) is 9.59. The molecule has 0 unspecified atom stereocenters. The number of hydrogen-bond acceptors (Lipinski definition) is 4. The molecule has 0 saturated heterocycles. The van der Waals surface area contributed by atoms with Crippen LogP contribution in [0.1, 0.15) is 63.0 Å². The van der Waals surface area contributed by atoms with E-state index in [0.29, 0.717) is 39.1 Å². The van der Waals surface area contributed by atoms with Gasteiger partial charge in [-0.3, -0.25) is 9.56 Å². The Hall–Kier alpha value is -2.32. The average molecular weight is 484 g/mol. The molecular formula is C25H27ClFN3O2Si. The first kappa shape index (κ1) is 23.8. The number of hydrogen-bond donors (Lipinski definition) is 1. The fourth-order valence-corrected chi connectivity index (χ4v) is 4.69. The largest absolute Gasteiger partial charge is 0.406 e. The van der Waals surface area contributed by atoms with Gasteiger partial charge in [0.15, 0.2) is 0 Å². The zero-order valence-corrected chi connectivity index (χ0v) is 21.2. The molecule has 1 aliphatic heterocycles. The van der Waals surface area contributed by atoms with E-state index in [2.05, 4.69) is 20.8 Å². The normalized spacial score (nSPS) is 13.9. The van der Waals surface area contributed by atoms with Gasteiger partial charge < -0.3 is 9.53 Å². The topological polar surface area (TPSA) is 59.6 Å². The van der Waals surface area contributed by atoms with E-state index in [-0.39, 0.29) is 33.8 Å². The van der Waals surface area contributed by atoms with Crippen molar-refractivity contribution >= 4 is 27.1 Å². The molecule has 0 spiro atoms.